The summed E-state index contributed by atoms with van der Waals surface area (Å²) in [5, 5.41) is 4.13. The second kappa shape index (κ2) is 9.05. The number of anilines is 1. The van der Waals surface area contributed by atoms with Crippen LogP contribution in [0, 0.1) is 13.8 Å². The van der Waals surface area contributed by atoms with Crippen LogP contribution in [0.3, 0.4) is 0 Å². The SMILES string of the molecule is Cc1ccc(-c2ccc([C@@H]3[C@@H](c4ccccn4)NC(=S)N3c3ccc(Br)c(C)c3)o2)c(Br)c1. The zero-order valence-corrected chi connectivity index (χ0v) is 22.0. The Morgan fingerprint density at radius 2 is 1.82 bits per heavy atom. The maximum absolute atomic E-state index is 6.47. The number of halogens is 2. The van der Waals surface area contributed by atoms with Gasteiger partial charge in [0, 0.05) is 26.4 Å². The minimum absolute atomic E-state index is 0.150. The van der Waals surface area contributed by atoms with Gasteiger partial charge in [0.1, 0.15) is 17.6 Å². The molecular weight excluding hydrogens is 562 g/mol. The Kier molecular flexibility index (Phi) is 6.12. The van der Waals surface area contributed by atoms with E-state index in [1.54, 1.807) is 6.20 Å². The van der Waals surface area contributed by atoms with E-state index in [4.69, 9.17) is 16.6 Å². The number of rotatable bonds is 4. The predicted octanol–water partition coefficient (Wildman–Crippen LogP) is 7.66. The molecule has 1 fully saturated rings. The molecule has 2 atom stereocenters. The summed E-state index contributed by atoms with van der Waals surface area (Å²) < 4.78 is 8.54. The van der Waals surface area contributed by atoms with E-state index < -0.39 is 0 Å². The largest absolute Gasteiger partial charge is 0.459 e. The predicted molar refractivity (Wildman–Crippen MR) is 143 cm³/mol. The van der Waals surface area contributed by atoms with Crippen LogP contribution in [0.2, 0.25) is 0 Å². The van der Waals surface area contributed by atoms with Gasteiger partial charge >= 0.3 is 0 Å². The lowest BCUT2D eigenvalue weighted by atomic mass is 10.0. The van der Waals surface area contributed by atoms with Gasteiger partial charge in [-0.15, -0.1) is 0 Å². The number of aryl methyl sites for hydroxylation is 2. The van der Waals surface area contributed by atoms with Crippen LogP contribution in [0.4, 0.5) is 5.69 Å². The van der Waals surface area contributed by atoms with Crippen LogP contribution < -0.4 is 10.2 Å². The van der Waals surface area contributed by atoms with Crippen LogP contribution in [0.25, 0.3) is 11.3 Å². The fourth-order valence-electron chi connectivity index (χ4n) is 4.18. The van der Waals surface area contributed by atoms with Crippen molar-refractivity contribution in [2.24, 2.45) is 0 Å². The topological polar surface area (TPSA) is 41.3 Å². The number of hydrogen-bond acceptors (Lipinski definition) is 3. The van der Waals surface area contributed by atoms with E-state index in [-0.39, 0.29) is 12.1 Å². The molecule has 0 bridgehead atoms. The molecule has 3 heterocycles. The first-order chi connectivity index (χ1) is 15.9. The van der Waals surface area contributed by atoms with Gasteiger partial charge in [0.15, 0.2) is 5.11 Å². The van der Waals surface area contributed by atoms with E-state index in [2.05, 4.69) is 97.3 Å². The third kappa shape index (κ3) is 4.25. The van der Waals surface area contributed by atoms with Gasteiger partial charge in [-0.3, -0.25) is 4.98 Å². The molecule has 0 aliphatic carbocycles. The molecule has 0 saturated carbocycles. The fraction of sp³-hybridized carbons (Fsp3) is 0.154. The maximum Gasteiger partial charge on any atom is 0.174 e. The maximum atomic E-state index is 6.47. The van der Waals surface area contributed by atoms with Crippen LogP contribution in [-0.2, 0) is 0 Å². The van der Waals surface area contributed by atoms with E-state index in [9.17, 15) is 0 Å². The first kappa shape index (κ1) is 22.3. The lowest BCUT2D eigenvalue weighted by molar-refractivity contribution is 0.439. The Morgan fingerprint density at radius 3 is 2.55 bits per heavy atom. The minimum Gasteiger partial charge on any atom is -0.459 e. The van der Waals surface area contributed by atoms with Gasteiger partial charge in [-0.1, -0.05) is 44.0 Å². The number of pyridine rings is 1. The Morgan fingerprint density at radius 1 is 0.970 bits per heavy atom. The first-order valence-electron chi connectivity index (χ1n) is 10.6. The highest BCUT2D eigenvalue weighted by Gasteiger charge is 2.42. The lowest BCUT2D eigenvalue weighted by Crippen LogP contribution is -2.29. The molecule has 1 saturated heterocycles. The Balaban J connectivity index is 1.61. The molecule has 7 heteroatoms. The van der Waals surface area contributed by atoms with E-state index in [0.29, 0.717) is 5.11 Å². The zero-order valence-electron chi connectivity index (χ0n) is 18.0. The van der Waals surface area contributed by atoms with Crippen molar-refractivity contribution in [1.82, 2.24) is 10.3 Å². The lowest BCUT2D eigenvalue weighted by Gasteiger charge is -2.26. The molecule has 1 aliphatic heterocycles. The van der Waals surface area contributed by atoms with E-state index >= 15 is 0 Å². The van der Waals surface area contributed by atoms with Crippen molar-refractivity contribution in [2.75, 3.05) is 4.90 Å². The average molecular weight is 583 g/mol. The molecule has 0 unspecified atom stereocenters. The minimum atomic E-state index is -0.189. The molecule has 4 aromatic rings. The van der Waals surface area contributed by atoms with Crippen molar-refractivity contribution in [3.05, 3.63) is 104 Å². The number of furan rings is 1. The van der Waals surface area contributed by atoms with Gasteiger partial charge in [-0.2, -0.15) is 0 Å². The quantitative estimate of drug-likeness (QED) is 0.250. The Labute approximate surface area is 215 Å². The van der Waals surface area contributed by atoms with Crippen LogP contribution in [0.1, 0.15) is 34.7 Å². The molecule has 2 aromatic carbocycles. The molecule has 0 amide bonds. The van der Waals surface area contributed by atoms with Crippen LogP contribution in [0.5, 0.6) is 0 Å². The monoisotopic (exact) mass is 581 g/mol. The van der Waals surface area contributed by atoms with Gasteiger partial charge in [-0.25, -0.2) is 0 Å². The summed E-state index contributed by atoms with van der Waals surface area (Å²) in [4.78, 5) is 6.74. The first-order valence-corrected chi connectivity index (χ1v) is 12.5. The van der Waals surface area contributed by atoms with Crippen LogP contribution in [0.15, 0.2) is 86.3 Å². The van der Waals surface area contributed by atoms with Crippen LogP contribution in [-0.4, -0.2) is 10.1 Å². The second-order valence-electron chi connectivity index (χ2n) is 8.12. The molecule has 1 N–H and O–H groups in total. The normalized spacial score (nSPS) is 17.9. The summed E-state index contributed by atoms with van der Waals surface area (Å²) in [6.45, 7) is 4.15. The van der Waals surface area contributed by atoms with Crippen molar-refractivity contribution in [3.8, 4) is 11.3 Å². The molecule has 5 rings (SSSR count). The third-order valence-corrected chi connectivity index (χ3v) is 7.69. The summed E-state index contributed by atoms with van der Waals surface area (Å²) >= 11 is 13.1. The Hall–Kier alpha value is -2.48. The number of benzene rings is 2. The fourth-order valence-corrected chi connectivity index (χ4v) is 5.46. The number of aromatic nitrogens is 1. The highest BCUT2D eigenvalue weighted by molar-refractivity contribution is 9.10. The Bertz CT molecular complexity index is 1340. The van der Waals surface area contributed by atoms with Crippen molar-refractivity contribution >= 4 is 54.9 Å². The molecule has 1 aliphatic rings. The van der Waals surface area contributed by atoms with Gasteiger partial charge < -0.3 is 14.6 Å². The van der Waals surface area contributed by atoms with Crippen LogP contribution >= 0.6 is 44.1 Å². The van der Waals surface area contributed by atoms with Gasteiger partial charge in [0.05, 0.1) is 11.7 Å². The van der Waals surface area contributed by atoms with Gasteiger partial charge in [0.25, 0.3) is 0 Å². The van der Waals surface area contributed by atoms with Gasteiger partial charge in [0.2, 0.25) is 0 Å². The van der Waals surface area contributed by atoms with E-state index in [1.165, 1.54) is 5.56 Å². The third-order valence-electron chi connectivity index (χ3n) is 5.83. The van der Waals surface area contributed by atoms with Crippen molar-refractivity contribution in [2.45, 2.75) is 25.9 Å². The van der Waals surface area contributed by atoms with Crippen molar-refractivity contribution < 1.29 is 4.42 Å². The molecule has 166 valence electrons. The zero-order chi connectivity index (χ0) is 23.1. The molecule has 0 spiro atoms. The number of nitrogens with one attached hydrogen (secondary N) is 1. The number of thiocarbonyl (C=S) groups is 1. The van der Waals surface area contributed by atoms with E-state index in [0.717, 1.165) is 43.0 Å². The highest BCUT2D eigenvalue weighted by Crippen LogP contribution is 2.44. The second-order valence-corrected chi connectivity index (χ2v) is 10.2. The number of hydrogen-bond donors (Lipinski definition) is 1. The number of nitrogens with zero attached hydrogens (tertiary/aromatic N) is 2. The highest BCUT2D eigenvalue weighted by atomic mass is 79.9. The summed E-state index contributed by atoms with van der Waals surface area (Å²) in [6, 6.07) is 22.2. The summed E-state index contributed by atoms with van der Waals surface area (Å²) in [6.07, 6.45) is 1.81. The summed E-state index contributed by atoms with van der Waals surface area (Å²) in [7, 11) is 0. The molecule has 4 nitrogen and oxygen atoms in total. The smallest absolute Gasteiger partial charge is 0.174 e. The summed E-state index contributed by atoms with van der Waals surface area (Å²) in [5.74, 6) is 1.63. The van der Waals surface area contributed by atoms with Gasteiger partial charge in [-0.05, 0) is 91.8 Å². The van der Waals surface area contributed by atoms with Crippen molar-refractivity contribution in [3.63, 3.8) is 0 Å². The molecule has 2 aromatic heterocycles. The summed E-state index contributed by atoms with van der Waals surface area (Å²) in [5.41, 5.74) is 5.26. The van der Waals surface area contributed by atoms with E-state index in [1.807, 2.05) is 30.3 Å². The average Bonchev–Trinajstić information content (AvgIpc) is 3.41. The molecule has 33 heavy (non-hydrogen) atoms. The molecular formula is C26H21Br2N3OS. The van der Waals surface area contributed by atoms with Crippen molar-refractivity contribution in [1.29, 1.82) is 0 Å². The molecule has 0 radical (unpaired) electrons. The standard InChI is InChI=1S/C26H21Br2N3OS/c1-15-6-8-18(20(28)13-15)22-10-11-23(32-22)25-24(21-5-3-4-12-29-21)30-26(33)31(25)17-7-9-19(27)16(2)14-17/h3-14,24-25H,1-2H3,(H,30,33)/t24-,25-/m1/s1.